The molecule has 0 aliphatic carbocycles. The summed E-state index contributed by atoms with van der Waals surface area (Å²) in [6, 6.07) is 0. The highest BCUT2D eigenvalue weighted by Crippen LogP contribution is 2.17. The molecule has 2 aromatic rings. The summed E-state index contributed by atoms with van der Waals surface area (Å²) in [4.78, 5) is 12.3. The van der Waals surface area contributed by atoms with Crippen LogP contribution in [-0.2, 0) is 14.1 Å². The second kappa shape index (κ2) is 5.07. The molecule has 106 valence electrons. The summed E-state index contributed by atoms with van der Waals surface area (Å²) < 4.78 is 3.55. The molecule has 0 N–H and O–H groups in total. The highest BCUT2D eigenvalue weighted by atomic mass is 16.1. The Balaban J connectivity index is 2.34. The van der Waals surface area contributed by atoms with Crippen molar-refractivity contribution in [2.75, 3.05) is 0 Å². The van der Waals surface area contributed by atoms with E-state index in [1.807, 2.05) is 52.5 Å². The summed E-state index contributed by atoms with van der Waals surface area (Å²) in [5, 5.41) is 8.61. The van der Waals surface area contributed by atoms with E-state index in [0.29, 0.717) is 5.56 Å². The smallest absolute Gasteiger partial charge is 0.189 e. The van der Waals surface area contributed by atoms with E-state index in [0.717, 1.165) is 28.3 Å². The second-order valence-corrected chi connectivity index (χ2v) is 5.08. The summed E-state index contributed by atoms with van der Waals surface area (Å²) in [5.41, 5.74) is 5.30. The molecule has 0 amide bonds. The molecule has 0 aromatic carbocycles. The predicted molar refractivity (Wildman–Crippen MR) is 78.7 cm³/mol. The molecule has 0 fully saturated rings. The van der Waals surface area contributed by atoms with E-state index in [2.05, 4.69) is 10.2 Å². The molecule has 0 atom stereocenters. The Morgan fingerprint density at radius 1 is 0.950 bits per heavy atom. The zero-order chi connectivity index (χ0) is 15.0. The van der Waals surface area contributed by atoms with Gasteiger partial charge in [-0.3, -0.25) is 14.2 Å². The average Bonchev–Trinajstić information content (AvgIpc) is 2.75. The van der Waals surface area contributed by atoms with Gasteiger partial charge in [-0.05, 0) is 39.8 Å². The molecule has 0 saturated carbocycles. The van der Waals surface area contributed by atoms with Gasteiger partial charge < -0.3 is 0 Å². The first-order valence-corrected chi connectivity index (χ1v) is 6.55. The minimum Gasteiger partial charge on any atom is -0.289 e. The van der Waals surface area contributed by atoms with E-state index in [1.54, 1.807) is 10.8 Å². The maximum atomic E-state index is 12.3. The van der Waals surface area contributed by atoms with Crippen LogP contribution in [-0.4, -0.2) is 25.3 Å². The maximum Gasteiger partial charge on any atom is 0.189 e. The van der Waals surface area contributed by atoms with E-state index in [4.69, 9.17) is 0 Å². The van der Waals surface area contributed by atoms with Crippen molar-refractivity contribution in [2.24, 2.45) is 14.1 Å². The molecule has 0 aliphatic heterocycles. The van der Waals surface area contributed by atoms with Gasteiger partial charge in [0, 0.05) is 31.0 Å². The Bertz CT molecular complexity index is 704. The fourth-order valence-corrected chi connectivity index (χ4v) is 2.40. The second-order valence-electron chi connectivity index (χ2n) is 5.08. The van der Waals surface area contributed by atoms with Crippen LogP contribution in [0.15, 0.2) is 6.08 Å². The van der Waals surface area contributed by atoms with Gasteiger partial charge in [0.05, 0.1) is 17.0 Å². The minimum atomic E-state index is -0.0178. The fourth-order valence-electron chi connectivity index (χ4n) is 2.40. The maximum absolute atomic E-state index is 12.3. The number of nitrogens with zero attached hydrogens (tertiary/aromatic N) is 4. The Morgan fingerprint density at radius 2 is 1.50 bits per heavy atom. The zero-order valence-corrected chi connectivity index (χ0v) is 12.9. The number of allylic oxidation sites excluding steroid dienone is 1. The number of carbonyl (C=O) groups excluding carboxylic acids is 1. The van der Waals surface area contributed by atoms with Crippen LogP contribution in [0, 0.1) is 27.7 Å². The lowest BCUT2D eigenvalue weighted by Crippen LogP contribution is -1.99. The van der Waals surface area contributed by atoms with Crippen molar-refractivity contribution < 1.29 is 4.79 Å². The molecule has 2 rings (SSSR count). The molecule has 0 unspecified atom stereocenters. The molecule has 5 heteroatoms. The van der Waals surface area contributed by atoms with Crippen molar-refractivity contribution >= 4 is 11.9 Å². The lowest BCUT2D eigenvalue weighted by atomic mass is 10.1. The van der Waals surface area contributed by atoms with Crippen molar-refractivity contribution in [3.63, 3.8) is 0 Å². The lowest BCUT2D eigenvalue weighted by Gasteiger charge is -1.97. The number of ketones is 1. The summed E-state index contributed by atoms with van der Waals surface area (Å²) in [6.45, 7) is 7.69. The number of aryl methyl sites for hydroxylation is 4. The summed E-state index contributed by atoms with van der Waals surface area (Å²) in [5.74, 6) is -0.0178. The molecule has 5 nitrogen and oxygen atoms in total. The first-order chi connectivity index (χ1) is 9.32. The first kappa shape index (κ1) is 14.2. The lowest BCUT2D eigenvalue weighted by molar-refractivity contribution is 0.104. The third kappa shape index (κ3) is 2.31. The van der Waals surface area contributed by atoms with E-state index in [-0.39, 0.29) is 5.78 Å². The van der Waals surface area contributed by atoms with Crippen LogP contribution < -0.4 is 0 Å². The highest BCUT2D eigenvalue weighted by molar-refractivity contribution is 6.08. The molecule has 0 saturated heterocycles. The van der Waals surface area contributed by atoms with E-state index >= 15 is 0 Å². The predicted octanol–water partition coefficient (Wildman–Crippen LogP) is 2.28. The molecular weight excluding hydrogens is 252 g/mol. The van der Waals surface area contributed by atoms with Gasteiger partial charge in [0.2, 0.25) is 0 Å². The number of carbonyl (C=O) groups is 1. The van der Waals surface area contributed by atoms with Gasteiger partial charge in [0.1, 0.15) is 0 Å². The molecule has 20 heavy (non-hydrogen) atoms. The molecule has 0 spiro atoms. The normalized spacial score (nSPS) is 11.5. The number of rotatable bonds is 3. The van der Waals surface area contributed by atoms with Crippen LogP contribution in [0.3, 0.4) is 0 Å². The van der Waals surface area contributed by atoms with E-state index < -0.39 is 0 Å². The van der Waals surface area contributed by atoms with Gasteiger partial charge >= 0.3 is 0 Å². The van der Waals surface area contributed by atoms with Crippen LogP contribution in [0.25, 0.3) is 6.08 Å². The van der Waals surface area contributed by atoms with E-state index in [9.17, 15) is 4.79 Å². The van der Waals surface area contributed by atoms with Crippen molar-refractivity contribution in [1.29, 1.82) is 0 Å². The largest absolute Gasteiger partial charge is 0.289 e. The third-order valence-electron chi connectivity index (χ3n) is 3.72. The van der Waals surface area contributed by atoms with Crippen molar-refractivity contribution in [2.45, 2.75) is 27.7 Å². The summed E-state index contributed by atoms with van der Waals surface area (Å²) in [6.07, 6.45) is 3.44. The van der Waals surface area contributed by atoms with Crippen LogP contribution >= 0.6 is 0 Å². The van der Waals surface area contributed by atoms with Crippen LogP contribution in [0.2, 0.25) is 0 Å². The van der Waals surface area contributed by atoms with Crippen molar-refractivity contribution in [1.82, 2.24) is 19.6 Å². The molecule has 0 radical (unpaired) electrons. The van der Waals surface area contributed by atoms with Gasteiger partial charge in [0.25, 0.3) is 0 Å². The van der Waals surface area contributed by atoms with E-state index in [1.165, 1.54) is 0 Å². The average molecular weight is 272 g/mol. The number of hydrogen-bond donors (Lipinski definition) is 0. The highest BCUT2D eigenvalue weighted by Gasteiger charge is 2.15. The number of hydrogen-bond acceptors (Lipinski definition) is 3. The fraction of sp³-hybridized carbons (Fsp3) is 0.400. The van der Waals surface area contributed by atoms with Crippen LogP contribution in [0.5, 0.6) is 0 Å². The Morgan fingerprint density at radius 3 is 1.95 bits per heavy atom. The van der Waals surface area contributed by atoms with Crippen LogP contribution in [0.1, 0.15) is 38.7 Å². The molecule has 0 bridgehead atoms. The quantitative estimate of drug-likeness (QED) is 0.636. The van der Waals surface area contributed by atoms with Gasteiger partial charge in [-0.1, -0.05) is 0 Å². The van der Waals surface area contributed by atoms with Gasteiger partial charge in [0.15, 0.2) is 5.78 Å². The molecule has 2 aromatic heterocycles. The molecule has 0 aliphatic rings. The van der Waals surface area contributed by atoms with Crippen LogP contribution in [0.4, 0.5) is 0 Å². The van der Waals surface area contributed by atoms with Gasteiger partial charge in [-0.15, -0.1) is 0 Å². The standard InChI is InChI=1S/C15H20N4O/c1-9-13(11(3)18(5)16-9)7-8-14(20)15-10(2)17-19(6)12(15)4/h7-8H,1-6H3/b8-7+. The third-order valence-corrected chi connectivity index (χ3v) is 3.72. The number of aromatic nitrogens is 4. The summed E-state index contributed by atoms with van der Waals surface area (Å²) in [7, 11) is 3.75. The topological polar surface area (TPSA) is 52.7 Å². The molecular formula is C15H20N4O. The Kier molecular flexibility index (Phi) is 3.61. The van der Waals surface area contributed by atoms with Gasteiger partial charge in [-0.2, -0.15) is 10.2 Å². The SMILES string of the molecule is Cc1nn(C)c(C)c1/C=C/C(=O)c1c(C)nn(C)c1C. The Labute approximate surface area is 118 Å². The summed E-state index contributed by atoms with van der Waals surface area (Å²) >= 11 is 0. The van der Waals surface area contributed by atoms with Crippen molar-refractivity contribution in [3.8, 4) is 0 Å². The molecule has 2 heterocycles. The first-order valence-electron chi connectivity index (χ1n) is 6.55. The van der Waals surface area contributed by atoms with Crippen molar-refractivity contribution in [3.05, 3.63) is 40.0 Å². The minimum absolute atomic E-state index is 0.0178. The zero-order valence-electron chi connectivity index (χ0n) is 12.9. The Hall–Kier alpha value is -2.17. The van der Waals surface area contributed by atoms with Gasteiger partial charge in [-0.25, -0.2) is 0 Å². The monoisotopic (exact) mass is 272 g/mol.